The first kappa shape index (κ1) is 17.8. The zero-order valence-electron chi connectivity index (χ0n) is 13.7. The number of thiophene rings is 1. The fourth-order valence-corrected chi connectivity index (χ4v) is 3.91. The quantitative estimate of drug-likeness (QED) is 0.742. The van der Waals surface area contributed by atoms with Crippen LogP contribution in [-0.4, -0.2) is 22.9 Å². The average Bonchev–Trinajstić information content (AvgIpc) is 3.10. The summed E-state index contributed by atoms with van der Waals surface area (Å²) in [5, 5.41) is 14.5. The Morgan fingerprint density at radius 3 is 2.52 bits per heavy atom. The maximum absolute atomic E-state index is 12.9. The molecule has 3 rings (SSSR count). The van der Waals surface area contributed by atoms with Gasteiger partial charge < -0.3 is 10.4 Å². The van der Waals surface area contributed by atoms with Crippen LogP contribution < -0.4 is 5.32 Å². The molecule has 1 aliphatic carbocycles. The first-order chi connectivity index (χ1) is 12.0. The maximum atomic E-state index is 12.9. The second-order valence-corrected chi connectivity index (χ2v) is 7.36. The molecule has 1 amide bonds. The van der Waals surface area contributed by atoms with Crippen LogP contribution in [0.2, 0.25) is 0 Å². The van der Waals surface area contributed by atoms with Crippen molar-refractivity contribution in [3.63, 3.8) is 0 Å². The van der Waals surface area contributed by atoms with Crippen molar-refractivity contribution < 1.29 is 19.1 Å². The van der Waals surface area contributed by atoms with E-state index in [9.17, 15) is 19.1 Å². The second kappa shape index (κ2) is 7.89. The minimum absolute atomic E-state index is 0.0852. The molecule has 1 aromatic carbocycles. The van der Waals surface area contributed by atoms with Gasteiger partial charge in [-0.3, -0.25) is 9.59 Å². The van der Waals surface area contributed by atoms with Gasteiger partial charge in [-0.05, 0) is 54.5 Å². The molecule has 0 saturated heterocycles. The number of carbonyl (C=O) groups is 2. The topological polar surface area (TPSA) is 66.4 Å². The van der Waals surface area contributed by atoms with Gasteiger partial charge in [-0.25, -0.2) is 4.39 Å². The third-order valence-corrected chi connectivity index (χ3v) is 5.49. The molecule has 4 nitrogen and oxygen atoms in total. The number of Topliss-reactive ketones (excluding diaryl/α,β-unsaturated/α-hetero) is 1. The lowest BCUT2D eigenvalue weighted by molar-refractivity contribution is -0.123. The number of hydrogen-bond donors (Lipinski definition) is 2. The number of aliphatic hydroxyl groups is 1. The molecular formula is C19H20FNO3S. The van der Waals surface area contributed by atoms with Crippen LogP contribution >= 0.6 is 11.3 Å². The Balaban J connectivity index is 1.55. The van der Waals surface area contributed by atoms with E-state index < -0.39 is 5.82 Å². The highest BCUT2D eigenvalue weighted by atomic mass is 32.1. The number of halogens is 1. The van der Waals surface area contributed by atoms with Crippen molar-refractivity contribution in [3.8, 4) is 0 Å². The first-order valence-electron chi connectivity index (χ1n) is 8.32. The molecule has 0 bridgehead atoms. The van der Waals surface area contributed by atoms with Gasteiger partial charge in [-0.1, -0.05) is 6.07 Å². The minimum Gasteiger partial charge on any atom is -0.393 e. The minimum atomic E-state index is -0.393. The molecule has 1 saturated carbocycles. The van der Waals surface area contributed by atoms with E-state index in [-0.39, 0.29) is 42.6 Å². The molecule has 132 valence electrons. The monoisotopic (exact) mass is 361 g/mol. The van der Waals surface area contributed by atoms with Crippen LogP contribution in [0.15, 0.2) is 41.8 Å². The fourth-order valence-electron chi connectivity index (χ4n) is 3.04. The van der Waals surface area contributed by atoms with Gasteiger partial charge in [0.15, 0.2) is 5.78 Å². The Labute approximate surface area is 149 Å². The Morgan fingerprint density at radius 1 is 1.20 bits per heavy atom. The molecule has 1 fully saturated rings. The van der Waals surface area contributed by atoms with Crippen molar-refractivity contribution in [2.75, 3.05) is 0 Å². The predicted octanol–water partition coefficient (Wildman–Crippen LogP) is 3.48. The highest BCUT2D eigenvalue weighted by Gasteiger charge is 2.36. The fraction of sp³-hybridized carbons (Fsp3) is 0.368. The van der Waals surface area contributed by atoms with E-state index in [1.807, 2.05) is 17.5 Å². The summed E-state index contributed by atoms with van der Waals surface area (Å²) in [5.74, 6) is -0.529. The third-order valence-electron chi connectivity index (χ3n) is 4.53. The van der Waals surface area contributed by atoms with E-state index in [0.29, 0.717) is 18.4 Å². The largest absolute Gasteiger partial charge is 0.393 e. The van der Waals surface area contributed by atoms with E-state index in [0.717, 1.165) is 4.88 Å². The summed E-state index contributed by atoms with van der Waals surface area (Å²) < 4.78 is 12.9. The van der Waals surface area contributed by atoms with Gasteiger partial charge in [0.2, 0.25) is 5.91 Å². The molecule has 1 aromatic heterocycles. The van der Waals surface area contributed by atoms with Crippen molar-refractivity contribution in [3.05, 3.63) is 58.0 Å². The Morgan fingerprint density at radius 2 is 1.92 bits per heavy atom. The molecule has 1 aliphatic rings. The number of aliphatic hydroxyl groups excluding tert-OH is 1. The smallest absolute Gasteiger partial charge is 0.220 e. The van der Waals surface area contributed by atoms with Crippen LogP contribution in [0.4, 0.5) is 4.39 Å². The molecule has 1 unspecified atom stereocenters. The highest BCUT2D eigenvalue weighted by Crippen LogP contribution is 2.39. The van der Waals surface area contributed by atoms with Crippen molar-refractivity contribution in [2.24, 2.45) is 5.92 Å². The highest BCUT2D eigenvalue weighted by molar-refractivity contribution is 7.10. The molecule has 0 radical (unpaired) electrons. The summed E-state index contributed by atoms with van der Waals surface area (Å²) in [7, 11) is 0. The van der Waals surface area contributed by atoms with Gasteiger partial charge >= 0.3 is 0 Å². The number of carbonyl (C=O) groups excluding carboxylic acids is 2. The normalized spacial score (nSPS) is 20.6. The number of rotatable bonds is 7. The molecule has 1 heterocycles. The Hall–Kier alpha value is -2.05. The number of ketones is 1. The van der Waals surface area contributed by atoms with Crippen molar-refractivity contribution >= 4 is 23.0 Å². The van der Waals surface area contributed by atoms with E-state index in [2.05, 4.69) is 5.32 Å². The molecule has 25 heavy (non-hydrogen) atoms. The number of nitrogens with one attached hydrogen (secondary N) is 1. The SMILES string of the molecule is O=C(CCC(=O)c1ccc(F)cc1)NC(c1cccs1)C1CC(O)C1. The Kier molecular flexibility index (Phi) is 5.60. The molecule has 0 spiro atoms. The Bertz CT molecular complexity index is 724. The van der Waals surface area contributed by atoms with Gasteiger partial charge in [0, 0.05) is 23.3 Å². The molecule has 2 aromatic rings. The van der Waals surface area contributed by atoms with E-state index in [1.54, 1.807) is 11.3 Å². The van der Waals surface area contributed by atoms with E-state index in [4.69, 9.17) is 0 Å². The maximum Gasteiger partial charge on any atom is 0.220 e. The van der Waals surface area contributed by atoms with Crippen LogP contribution in [-0.2, 0) is 4.79 Å². The average molecular weight is 361 g/mol. The number of hydrogen-bond acceptors (Lipinski definition) is 4. The van der Waals surface area contributed by atoms with Crippen molar-refractivity contribution in [1.82, 2.24) is 5.32 Å². The number of benzene rings is 1. The van der Waals surface area contributed by atoms with Crippen LogP contribution in [0.3, 0.4) is 0 Å². The lowest BCUT2D eigenvalue weighted by Crippen LogP contribution is -2.41. The zero-order chi connectivity index (χ0) is 17.8. The number of amides is 1. The van der Waals surface area contributed by atoms with E-state index >= 15 is 0 Å². The van der Waals surface area contributed by atoms with Gasteiger partial charge in [0.25, 0.3) is 0 Å². The van der Waals surface area contributed by atoms with Gasteiger partial charge in [-0.15, -0.1) is 11.3 Å². The summed E-state index contributed by atoms with van der Waals surface area (Å²) in [4.78, 5) is 25.4. The van der Waals surface area contributed by atoms with Crippen molar-refractivity contribution in [2.45, 2.75) is 37.8 Å². The summed E-state index contributed by atoms with van der Waals surface area (Å²) >= 11 is 1.58. The molecule has 6 heteroatoms. The summed E-state index contributed by atoms with van der Waals surface area (Å²) in [6, 6.07) is 9.14. The summed E-state index contributed by atoms with van der Waals surface area (Å²) in [5.41, 5.74) is 0.408. The van der Waals surface area contributed by atoms with Gasteiger partial charge in [0.1, 0.15) is 5.82 Å². The predicted molar refractivity (Wildman–Crippen MR) is 93.9 cm³/mol. The van der Waals surface area contributed by atoms with Crippen LogP contribution in [0.5, 0.6) is 0 Å². The first-order valence-corrected chi connectivity index (χ1v) is 9.20. The lowest BCUT2D eigenvalue weighted by Gasteiger charge is -2.37. The van der Waals surface area contributed by atoms with Crippen LogP contribution in [0.1, 0.15) is 47.0 Å². The standard InChI is InChI=1S/C19H20FNO3S/c20-14-5-3-12(4-6-14)16(23)7-8-18(24)21-19(13-10-15(22)11-13)17-2-1-9-25-17/h1-6,9,13,15,19,22H,7-8,10-11H2,(H,21,24). The van der Waals surface area contributed by atoms with Crippen molar-refractivity contribution in [1.29, 1.82) is 0 Å². The van der Waals surface area contributed by atoms with Crippen LogP contribution in [0.25, 0.3) is 0 Å². The molecule has 0 aliphatic heterocycles. The molecule has 2 N–H and O–H groups in total. The third kappa shape index (κ3) is 4.52. The lowest BCUT2D eigenvalue weighted by atomic mass is 9.76. The van der Waals surface area contributed by atoms with Gasteiger partial charge in [0.05, 0.1) is 12.1 Å². The molecular weight excluding hydrogens is 341 g/mol. The summed E-state index contributed by atoms with van der Waals surface area (Å²) in [6.07, 6.45) is 1.24. The van der Waals surface area contributed by atoms with E-state index in [1.165, 1.54) is 24.3 Å². The van der Waals surface area contributed by atoms with Crippen LogP contribution in [0, 0.1) is 11.7 Å². The van der Waals surface area contributed by atoms with Gasteiger partial charge in [-0.2, -0.15) is 0 Å². The molecule has 1 atom stereocenters. The second-order valence-electron chi connectivity index (χ2n) is 6.38. The zero-order valence-corrected chi connectivity index (χ0v) is 14.5. The summed E-state index contributed by atoms with van der Waals surface area (Å²) in [6.45, 7) is 0.